The summed E-state index contributed by atoms with van der Waals surface area (Å²) in [6, 6.07) is 6.26. The molecule has 138 valence electrons. The van der Waals surface area contributed by atoms with Crippen LogP contribution >= 0.6 is 11.3 Å². The molecule has 0 radical (unpaired) electrons. The predicted molar refractivity (Wildman–Crippen MR) is 97.4 cm³/mol. The minimum Gasteiger partial charge on any atom is -0.493 e. The molecule has 27 heavy (non-hydrogen) atoms. The van der Waals surface area contributed by atoms with Crippen molar-refractivity contribution >= 4 is 38.0 Å². The van der Waals surface area contributed by atoms with E-state index in [-0.39, 0.29) is 10.8 Å². The molecule has 0 saturated heterocycles. The van der Waals surface area contributed by atoms with Gasteiger partial charge in [0.15, 0.2) is 11.5 Å². The Morgan fingerprint density at radius 1 is 1.11 bits per heavy atom. The van der Waals surface area contributed by atoms with Crippen molar-refractivity contribution in [3.05, 3.63) is 52.3 Å². The van der Waals surface area contributed by atoms with E-state index in [4.69, 9.17) is 9.47 Å². The molecule has 0 amide bonds. The number of benzene rings is 2. The number of methoxy groups -OCH3 is 2. The highest BCUT2D eigenvalue weighted by Crippen LogP contribution is 2.31. The average molecular weight is 390 g/mol. The lowest BCUT2D eigenvalue weighted by Gasteiger charge is -2.08. The monoisotopic (exact) mass is 390 g/mol. The van der Waals surface area contributed by atoms with Crippen molar-refractivity contribution in [3.8, 4) is 11.5 Å². The van der Waals surface area contributed by atoms with Crippen molar-refractivity contribution in [2.45, 2.75) is 0 Å². The minimum absolute atomic E-state index is 0.0383. The minimum atomic E-state index is -0.769. The van der Waals surface area contributed by atoms with Gasteiger partial charge in [-0.15, -0.1) is 5.10 Å². The lowest BCUT2D eigenvalue weighted by Crippen LogP contribution is -2.15. The van der Waals surface area contributed by atoms with Crippen LogP contribution in [0.15, 0.2) is 35.1 Å². The van der Waals surface area contributed by atoms with Crippen LogP contribution in [0.1, 0.15) is 0 Å². The van der Waals surface area contributed by atoms with Crippen LogP contribution in [-0.2, 0) is 0 Å². The van der Waals surface area contributed by atoms with Crippen molar-refractivity contribution in [2.24, 2.45) is 0 Å². The highest BCUT2D eigenvalue weighted by Gasteiger charge is 2.15. The molecule has 0 saturated carbocycles. The third kappa shape index (κ3) is 2.93. The van der Waals surface area contributed by atoms with Crippen molar-refractivity contribution in [3.63, 3.8) is 0 Å². The molecule has 0 aliphatic carbocycles. The standard InChI is InChI=1S/C17H12F2N4O3S/c1-25-13-6-9-12(7-14(13)26-2)21-17-23(15(9)24)22-16(27-17)20-11-4-3-8(18)5-10(11)19/h3-7H,1-2H3,(H,20,22). The zero-order valence-corrected chi connectivity index (χ0v) is 14.9. The maximum absolute atomic E-state index is 13.8. The van der Waals surface area contributed by atoms with Gasteiger partial charge in [-0.05, 0) is 18.2 Å². The Kier molecular flexibility index (Phi) is 4.11. The fraction of sp³-hybridized carbons (Fsp3) is 0.118. The third-order valence-corrected chi connectivity index (χ3v) is 4.70. The summed E-state index contributed by atoms with van der Waals surface area (Å²) in [6.45, 7) is 0. The van der Waals surface area contributed by atoms with Crippen molar-refractivity contribution in [1.82, 2.24) is 14.6 Å². The Morgan fingerprint density at radius 3 is 2.56 bits per heavy atom. The van der Waals surface area contributed by atoms with Gasteiger partial charge < -0.3 is 14.8 Å². The van der Waals surface area contributed by atoms with Gasteiger partial charge in [0.1, 0.15) is 11.6 Å². The molecule has 10 heteroatoms. The quantitative estimate of drug-likeness (QED) is 0.576. The molecular weight excluding hydrogens is 378 g/mol. The second kappa shape index (κ2) is 6.47. The molecular formula is C17H12F2N4O3S. The van der Waals surface area contributed by atoms with E-state index in [9.17, 15) is 13.6 Å². The van der Waals surface area contributed by atoms with Crippen LogP contribution in [0.4, 0.5) is 19.6 Å². The van der Waals surface area contributed by atoms with Crippen molar-refractivity contribution in [2.75, 3.05) is 19.5 Å². The van der Waals surface area contributed by atoms with Crippen LogP contribution in [0.3, 0.4) is 0 Å². The van der Waals surface area contributed by atoms with Crippen molar-refractivity contribution in [1.29, 1.82) is 0 Å². The van der Waals surface area contributed by atoms with Gasteiger partial charge in [0.2, 0.25) is 10.1 Å². The Labute approximate surface area is 154 Å². The molecule has 0 fully saturated rings. The number of hydrogen-bond acceptors (Lipinski definition) is 7. The highest BCUT2D eigenvalue weighted by molar-refractivity contribution is 7.20. The Morgan fingerprint density at radius 2 is 1.85 bits per heavy atom. The van der Waals surface area contributed by atoms with Crippen LogP contribution in [-0.4, -0.2) is 28.8 Å². The van der Waals surface area contributed by atoms with Crippen LogP contribution in [0.5, 0.6) is 11.5 Å². The molecule has 2 aromatic carbocycles. The number of rotatable bonds is 4. The van der Waals surface area contributed by atoms with Gasteiger partial charge in [0, 0.05) is 12.1 Å². The van der Waals surface area contributed by atoms with Crippen LogP contribution < -0.4 is 20.3 Å². The summed E-state index contributed by atoms with van der Waals surface area (Å²) in [6.07, 6.45) is 0. The van der Waals surface area contributed by atoms with Gasteiger partial charge >= 0.3 is 0 Å². The number of anilines is 2. The maximum Gasteiger partial charge on any atom is 0.283 e. The first kappa shape index (κ1) is 17.2. The maximum atomic E-state index is 13.8. The van der Waals surface area contributed by atoms with E-state index >= 15 is 0 Å². The van der Waals surface area contributed by atoms with Crippen LogP contribution in [0, 0.1) is 11.6 Å². The smallest absolute Gasteiger partial charge is 0.283 e. The molecule has 4 aromatic rings. The first-order valence-electron chi connectivity index (χ1n) is 7.68. The van der Waals surface area contributed by atoms with E-state index in [2.05, 4.69) is 15.4 Å². The van der Waals surface area contributed by atoms with Gasteiger partial charge in [-0.3, -0.25) is 4.79 Å². The molecule has 0 aliphatic heterocycles. The van der Waals surface area contributed by atoms with E-state index in [1.807, 2.05) is 0 Å². The summed E-state index contributed by atoms with van der Waals surface area (Å²) in [5.74, 6) is -0.619. The first-order chi connectivity index (χ1) is 13.0. The van der Waals surface area contributed by atoms with Crippen LogP contribution in [0.2, 0.25) is 0 Å². The lowest BCUT2D eigenvalue weighted by atomic mass is 10.2. The number of hydrogen-bond donors (Lipinski definition) is 1. The topological polar surface area (TPSA) is 77.8 Å². The third-order valence-electron chi connectivity index (χ3n) is 3.87. The lowest BCUT2D eigenvalue weighted by molar-refractivity contribution is 0.355. The summed E-state index contributed by atoms with van der Waals surface area (Å²) in [4.78, 5) is 17.5. The predicted octanol–water partition coefficient (Wildman–Crippen LogP) is 3.34. The van der Waals surface area contributed by atoms with E-state index in [0.29, 0.717) is 27.4 Å². The van der Waals surface area contributed by atoms with Crippen molar-refractivity contribution < 1.29 is 18.3 Å². The first-order valence-corrected chi connectivity index (χ1v) is 8.49. The molecule has 0 atom stereocenters. The number of aromatic nitrogens is 3. The normalized spacial score (nSPS) is 11.1. The summed E-state index contributed by atoms with van der Waals surface area (Å²) < 4.78 is 38.4. The van der Waals surface area contributed by atoms with E-state index in [1.54, 1.807) is 6.07 Å². The number of nitrogens with one attached hydrogen (secondary N) is 1. The molecule has 7 nitrogen and oxygen atoms in total. The second-order valence-electron chi connectivity index (χ2n) is 5.49. The summed E-state index contributed by atoms with van der Waals surface area (Å²) >= 11 is 1.05. The number of ether oxygens (including phenoxy) is 2. The SMILES string of the molecule is COc1cc2nc3sc(Nc4ccc(F)cc4F)nn3c(=O)c2cc1OC. The zero-order chi connectivity index (χ0) is 19.1. The molecule has 1 N–H and O–H groups in total. The second-order valence-corrected chi connectivity index (χ2v) is 6.45. The van der Waals surface area contributed by atoms with Gasteiger partial charge in [0.05, 0.1) is 30.8 Å². The number of fused-ring (bicyclic) bond motifs is 2. The van der Waals surface area contributed by atoms with Gasteiger partial charge in [-0.1, -0.05) is 11.3 Å². The molecule has 0 bridgehead atoms. The Balaban J connectivity index is 1.85. The molecule has 2 heterocycles. The van der Waals surface area contributed by atoms with E-state index in [0.717, 1.165) is 28.0 Å². The van der Waals surface area contributed by atoms with Gasteiger partial charge in [-0.25, -0.2) is 13.8 Å². The van der Waals surface area contributed by atoms with E-state index < -0.39 is 17.2 Å². The van der Waals surface area contributed by atoms with Gasteiger partial charge in [0.25, 0.3) is 5.56 Å². The summed E-state index contributed by atoms with van der Waals surface area (Å²) in [5, 5.41) is 7.40. The number of nitrogens with zero attached hydrogens (tertiary/aromatic N) is 3. The van der Waals surface area contributed by atoms with Crippen LogP contribution in [0.25, 0.3) is 15.9 Å². The zero-order valence-electron chi connectivity index (χ0n) is 14.1. The molecule has 0 unspecified atom stereocenters. The van der Waals surface area contributed by atoms with E-state index in [1.165, 1.54) is 26.4 Å². The molecule has 0 spiro atoms. The molecule has 4 rings (SSSR count). The van der Waals surface area contributed by atoms with Gasteiger partial charge in [-0.2, -0.15) is 4.52 Å². The fourth-order valence-corrected chi connectivity index (χ4v) is 3.40. The highest BCUT2D eigenvalue weighted by atomic mass is 32.1. The number of halogens is 2. The average Bonchev–Trinajstić information content (AvgIpc) is 3.06. The Hall–Kier alpha value is -3.27. The summed E-state index contributed by atoms with van der Waals surface area (Å²) in [7, 11) is 2.95. The molecule has 0 aliphatic rings. The largest absolute Gasteiger partial charge is 0.493 e. The Bertz CT molecular complexity index is 1240. The fourth-order valence-electron chi connectivity index (χ4n) is 2.59. The molecule has 2 aromatic heterocycles. The summed E-state index contributed by atoms with van der Waals surface area (Å²) in [5.41, 5.74) is 0.0528.